The van der Waals surface area contributed by atoms with Gasteiger partial charge in [0, 0.05) is 24.7 Å². The van der Waals surface area contributed by atoms with Crippen LogP contribution in [0.5, 0.6) is 17.2 Å². The number of carbonyl (C=O) groups excluding carboxylic acids is 2. The number of halogens is 1. The van der Waals surface area contributed by atoms with Crippen LogP contribution >= 0.6 is 15.9 Å². The number of likely N-dealkylation sites (tertiary alicyclic amines) is 1. The Labute approximate surface area is 203 Å². The van der Waals surface area contributed by atoms with E-state index in [1.54, 1.807) is 29.2 Å². The van der Waals surface area contributed by atoms with Crippen molar-refractivity contribution in [2.75, 3.05) is 26.3 Å². The Hall–Kier alpha value is -2.58. The summed E-state index contributed by atoms with van der Waals surface area (Å²) in [4.78, 5) is 24.8. The van der Waals surface area contributed by atoms with Gasteiger partial charge in [-0.3, -0.25) is 4.79 Å². The molecule has 178 valence electrons. The Morgan fingerprint density at radius 1 is 1.09 bits per heavy atom. The van der Waals surface area contributed by atoms with Crippen LogP contribution in [0.1, 0.15) is 44.0 Å². The summed E-state index contributed by atoms with van der Waals surface area (Å²) in [7, 11) is 0. The molecule has 2 aromatic carbocycles. The Balaban J connectivity index is 1.39. The molecule has 1 aliphatic rings. The maximum atomic E-state index is 12.1. The Kier molecular flexibility index (Phi) is 8.74. The molecule has 0 unspecified atom stereocenters. The molecule has 2 aromatic rings. The third-order valence-electron chi connectivity index (χ3n) is 4.92. The van der Waals surface area contributed by atoms with Gasteiger partial charge in [-0.2, -0.15) is 0 Å². The number of amides is 1. The van der Waals surface area contributed by atoms with Gasteiger partial charge in [-0.1, -0.05) is 6.07 Å². The molecule has 1 heterocycles. The summed E-state index contributed by atoms with van der Waals surface area (Å²) in [5, 5.41) is 0. The quantitative estimate of drug-likeness (QED) is 0.321. The summed E-state index contributed by atoms with van der Waals surface area (Å²) in [6.45, 7) is 7.73. The van der Waals surface area contributed by atoms with Crippen LogP contribution < -0.4 is 9.47 Å². The molecule has 0 aromatic heterocycles. The highest BCUT2D eigenvalue weighted by Crippen LogP contribution is 2.31. The number of nitrogens with zero attached hydrogens (tertiary/aromatic N) is 1. The molecule has 1 saturated heterocycles. The predicted octanol–water partition coefficient (Wildman–Crippen LogP) is 5.85. The number of piperidine rings is 1. The number of ether oxygens (including phenoxy) is 4. The predicted molar refractivity (Wildman–Crippen MR) is 128 cm³/mol. The van der Waals surface area contributed by atoms with Gasteiger partial charge in [0.1, 0.15) is 35.7 Å². The van der Waals surface area contributed by atoms with Crippen LogP contribution in [0.4, 0.5) is 4.79 Å². The SMILES string of the molecule is CC(C)(C)OC(=O)N1CCC(OCCOc2cccc(Oc3ccc(C=O)cc3Br)c2)CC1. The second-order valence-corrected chi connectivity index (χ2v) is 9.62. The first-order valence-electron chi connectivity index (χ1n) is 11.0. The van der Waals surface area contributed by atoms with Crippen molar-refractivity contribution in [1.82, 2.24) is 4.90 Å². The van der Waals surface area contributed by atoms with E-state index in [0.29, 0.717) is 53.6 Å². The van der Waals surface area contributed by atoms with Gasteiger partial charge >= 0.3 is 6.09 Å². The van der Waals surface area contributed by atoms with Gasteiger partial charge in [-0.15, -0.1) is 0 Å². The minimum absolute atomic E-state index is 0.105. The molecule has 3 rings (SSSR count). The third-order valence-corrected chi connectivity index (χ3v) is 5.54. The summed E-state index contributed by atoms with van der Waals surface area (Å²) in [5.74, 6) is 1.91. The molecule has 0 aliphatic carbocycles. The first-order chi connectivity index (χ1) is 15.7. The number of hydrogen-bond donors (Lipinski definition) is 0. The second-order valence-electron chi connectivity index (χ2n) is 8.77. The van der Waals surface area contributed by atoms with E-state index in [1.807, 2.05) is 39.0 Å². The average Bonchev–Trinajstić information content (AvgIpc) is 2.77. The maximum absolute atomic E-state index is 12.1. The van der Waals surface area contributed by atoms with Crippen molar-refractivity contribution in [2.45, 2.75) is 45.3 Å². The van der Waals surface area contributed by atoms with Gasteiger partial charge in [0.25, 0.3) is 0 Å². The Morgan fingerprint density at radius 3 is 2.48 bits per heavy atom. The second kappa shape index (κ2) is 11.5. The zero-order valence-electron chi connectivity index (χ0n) is 19.2. The van der Waals surface area contributed by atoms with E-state index in [0.717, 1.165) is 19.1 Å². The molecule has 0 radical (unpaired) electrons. The molecule has 0 spiro atoms. The van der Waals surface area contributed by atoms with Crippen LogP contribution in [0.25, 0.3) is 0 Å². The van der Waals surface area contributed by atoms with E-state index in [9.17, 15) is 9.59 Å². The van der Waals surface area contributed by atoms with Crippen LogP contribution in [0.3, 0.4) is 0 Å². The van der Waals surface area contributed by atoms with Crippen molar-refractivity contribution in [3.05, 3.63) is 52.5 Å². The van der Waals surface area contributed by atoms with E-state index in [4.69, 9.17) is 18.9 Å². The molecule has 8 heteroatoms. The molecule has 0 saturated carbocycles. The first kappa shape index (κ1) is 25.1. The number of hydrogen-bond acceptors (Lipinski definition) is 6. The summed E-state index contributed by atoms with van der Waals surface area (Å²) in [5.41, 5.74) is 0.0866. The van der Waals surface area contributed by atoms with Crippen LogP contribution in [-0.4, -0.2) is 55.3 Å². The number of benzene rings is 2. The number of aldehydes is 1. The summed E-state index contributed by atoms with van der Waals surface area (Å²) in [6, 6.07) is 12.5. The van der Waals surface area contributed by atoms with Gasteiger partial charge in [0.05, 0.1) is 17.2 Å². The third kappa shape index (κ3) is 8.05. The lowest BCUT2D eigenvalue weighted by molar-refractivity contribution is -0.0177. The average molecular weight is 520 g/mol. The van der Waals surface area contributed by atoms with Gasteiger partial charge in [-0.05, 0) is 79.9 Å². The molecular weight excluding hydrogens is 490 g/mol. The molecule has 1 aliphatic heterocycles. The fraction of sp³-hybridized carbons (Fsp3) is 0.440. The van der Waals surface area contributed by atoms with Crippen LogP contribution in [-0.2, 0) is 9.47 Å². The van der Waals surface area contributed by atoms with Gasteiger partial charge in [-0.25, -0.2) is 4.79 Å². The molecule has 0 bridgehead atoms. The Bertz CT molecular complexity index is 950. The van der Waals surface area contributed by atoms with E-state index < -0.39 is 5.60 Å². The minimum Gasteiger partial charge on any atom is -0.491 e. The highest BCUT2D eigenvalue weighted by molar-refractivity contribution is 9.10. The fourth-order valence-electron chi connectivity index (χ4n) is 3.33. The fourth-order valence-corrected chi connectivity index (χ4v) is 3.81. The molecule has 7 nitrogen and oxygen atoms in total. The minimum atomic E-state index is -0.485. The molecular formula is C25H30BrNO6. The van der Waals surface area contributed by atoms with E-state index in [-0.39, 0.29) is 12.2 Å². The summed E-state index contributed by atoms with van der Waals surface area (Å²) < 4.78 is 23.8. The normalized spacial score (nSPS) is 14.6. The van der Waals surface area contributed by atoms with Crippen LogP contribution in [0.2, 0.25) is 0 Å². The zero-order chi connectivity index (χ0) is 23.8. The number of carbonyl (C=O) groups is 2. The highest BCUT2D eigenvalue weighted by Gasteiger charge is 2.27. The molecule has 0 N–H and O–H groups in total. The lowest BCUT2D eigenvalue weighted by Crippen LogP contribution is -2.43. The molecule has 1 amide bonds. The van der Waals surface area contributed by atoms with Crippen molar-refractivity contribution in [1.29, 1.82) is 0 Å². The van der Waals surface area contributed by atoms with E-state index in [1.165, 1.54) is 0 Å². The van der Waals surface area contributed by atoms with E-state index >= 15 is 0 Å². The topological polar surface area (TPSA) is 74.3 Å². The Morgan fingerprint density at radius 2 is 1.82 bits per heavy atom. The van der Waals surface area contributed by atoms with Crippen molar-refractivity contribution < 1.29 is 28.5 Å². The van der Waals surface area contributed by atoms with Gasteiger partial charge in [0.15, 0.2) is 0 Å². The maximum Gasteiger partial charge on any atom is 0.410 e. The number of rotatable bonds is 8. The van der Waals surface area contributed by atoms with Gasteiger partial charge in [0.2, 0.25) is 0 Å². The molecule has 1 fully saturated rings. The van der Waals surface area contributed by atoms with E-state index in [2.05, 4.69) is 15.9 Å². The highest BCUT2D eigenvalue weighted by atomic mass is 79.9. The van der Waals surface area contributed by atoms with Gasteiger partial charge < -0.3 is 23.8 Å². The van der Waals surface area contributed by atoms with Crippen LogP contribution in [0, 0.1) is 0 Å². The van der Waals surface area contributed by atoms with Crippen molar-refractivity contribution in [3.63, 3.8) is 0 Å². The zero-order valence-corrected chi connectivity index (χ0v) is 20.8. The smallest absolute Gasteiger partial charge is 0.410 e. The van der Waals surface area contributed by atoms with Crippen molar-refractivity contribution >= 4 is 28.3 Å². The standard InChI is InChI=1S/C25H30BrNO6/c1-25(2,3)33-24(29)27-11-9-19(10-12-27)30-13-14-31-20-5-4-6-21(16-20)32-23-8-7-18(17-28)15-22(23)26/h4-8,15-17,19H,9-14H2,1-3H3. The molecule has 0 atom stereocenters. The lowest BCUT2D eigenvalue weighted by atomic mass is 10.1. The lowest BCUT2D eigenvalue weighted by Gasteiger charge is -2.33. The summed E-state index contributed by atoms with van der Waals surface area (Å²) in [6.07, 6.45) is 2.18. The first-order valence-corrected chi connectivity index (χ1v) is 11.8. The largest absolute Gasteiger partial charge is 0.491 e. The molecule has 33 heavy (non-hydrogen) atoms. The summed E-state index contributed by atoms with van der Waals surface area (Å²) >= 11 is 3.42. The van der Waals surface area contributed by atoms with Crippen molar-refractivity contribution in [3.8, 4) is 17.2 Å². The monoisotopic (exact) mass is 519 g/mol. The van der Waals surface area contributed by atoms with Crippen molar-refractivity contribution in [2.24, 2.45) is 0 Å². The van der Waals surface area contributed by atoms with Crippen LogP contribution in [0.15, 0.2) is 46.9 Å².